The topological polar surface area (TPSA) is 92.2 Å². The van der Waals surface area contributed by atoms with E-state index in [9.17, 15) is 0 Å². The number of anilines is 2. The van der Waals surface area contributed by atoms with Crippen LogP contribution in [0.25, 0.3) is 0 Å². The number of nitrogens with one attached hydrogen (secondary N) is 2. The van der Waals surface area contributed by atoms with Crippen molar-refractivity contribution in [1.29, 1.82) is 0 Å². The van der Waals surface area contributed by atoms with E-state index in [2.05, 4.69) is 32.2 Å². The van der Waals surface area contributed by atoms with Crippen molar-refractivity contribution in [2.45, 2.75) is 26.3 Å². The molecule has 1 aromatic heterocycles. The SMILES string of the molecule is C=CCNc1nc(NC(C)CCO)nc(OCC)n1. The minimum Gasteiger partial charge on any atom is -0.464 e. The lowest BCUT2D eigenvalue weighted by molar-refractivity contribution is 0.281. The second-order valence-corrected chi connectivity index (χ2v) is 3.93. The Kier molecular flexibility index (Phi) is 6.59. The maximum atomic E-state index is 8.88. The van der Waals surface area contributed by atoms with E-state index >= 15 is 0 Å². The molecule has 0 amide bonds. The van der Waals surface area contributed by atoms with Gasteiger partial charge in [0.2, 0.25) is 11.9 Å². The first kappa shape index (κ1) is 15.2. The third-order valence-electron chi connectivity index (χ3n) is 2.23. The number of aliphatic hydroxyl groups excluding tert-OH is 1. The summed E-state index contributed by atoms with van der Waals surface area (Å²) in [6.07, 6.45) is 2.33. The van der Waals surface area contributed by atoms with E-state index in [1.165, 1.54) is 0 Å². The summed E-state index contributed by atoms with van der Waals surface area (Å²) in [4.78, 5) is 12.5. The summed E-state index contributed by atoms with van der Waals surface area (Å²) in [5, 5.41) is 15.0. The Morgan fingerprint density at radius 3 is 2.74 bits per heavy atom. The molecular formula is C12H21N5O2. The lowest BCUT2D eigenvalue weighted by Gasteiger charge is -2.13. The molecule has 0 saturated carbocycles. The van der Waals surface area contributed by atoms with E-state index in [0.29, 0.717) is 31.5 Å². The van der Waals surface area contributed by atoms with Gasteiger partial charge in [-0.25, -0.2) is 0 Å². The quantitative estimate of drug-likeness (QED) is 0.576. The average molecular weight is 267 g/mol. The maximum Gasteiger partial charge on any atom is 0.323 e. The van der Waals surface area contributed by atoms with E-state index < -0.39 is 0 Å². The second kappa shape index (κ2) is 8.25. The highest BCUT2D eigenvalue weighted by atomic mass is 16.5. The Hall–Kier alpha value is -1.89. The smallest absolute Gasteiger partial charge is 0.323 e. The molecule has 1 aromatic rings. The van der Waals surface area contributed by atoms with Crippen molar-refractivity contribution in [3.8, 4) is 6.01 Å². The third kappa shape index (κ3) is 5.52. The number of nitrogens with zero attached hydrogens (tertiary/aromatic N) is 3. The highest BCUT2D eigenvalue weighted by molar-refractivity contribution is 5.36. The molecule has 0 saturated heterocycles. The summed E-state index contributed by atoms with van der Waals surface area (Å²) in [6.45, 7) is 8.58. The predicted molar refractivity (Wildman–Crippen MR) is 74.5 cm³/mol. The van der Waals surface area contributed by atoms with Crippen LogP contribution in [-0.2, 0) is 0 Å². The molecule has 0 aromatic carbocycles. The molecule has 3 N–H and O–H groups in total. The Balaban J connectivity index is 2.82. The first-order chi connectivity index (χ1) is 9.19. The molecule has 19 heavy (non-hydrogen) atoms. The monoisotopic (exact) mass is 267 g/mol. The van der Waals surface area contributed by atoms with E-state index in [1.54, 1.807) is 6.08 Å². The summed E-state index contributed by atoms with van der Waals surface area (Å²) in [7, 11) is 0. The molecule has 1 unspecified atom stereocenters. The molecular weight excluding hydrogens is 246 g/mol. The third-order valence-corrected chi connectivity index (χ3v) is 2.23. The van der Waals surface area contributed by atoms with E-state index in [1.807, 2.05) is 13.8 Å². The summed E-state index contributed by atoms with van der Waals surface area (Å²) in [6, 6.07) is 0.330. The van der Waals surface area contributed by atoms with Gasteiger partial charge in [0.1, 0.15) is 0 Å². The number of rotatable bonds is 9. The normalized spacial score (nSPS) is 11.7. The van der Waals surface area contributed by atoms with E-state index in [-0.39, 0.29) is 18.7 Å². The van der Waals surface area contributed by atoms with Crippen molar-refractivity contribution in [3.05, 3.63) is 12.7 Å². The van der Waals surface area contributed by atoms with Gasteiger partial charge in [0.15, 0.2) is 0 Å². The van der Waals surface area contributed by atoms with E-state index in [0.717, 1.165) is 0 Å². The Bertz CT molecular complexity index is 400. The summed E-state index contributed by atoms with van der Waals surface area (Å²) in [5.74, 6) is 0.850. The van der Waals surface area contributed by atoms with Gasteiger partial charge in [-0.05, 0) is 20.3 Å². The fraction of sp³-hybridized carbons (Fsp3) is 0.583. The van der Waals surface area contributed by atoms with Crippen LogP contribution in [0.3, 0.4) is 0 Å². The van der Waals surface area contributed by atoms with Crippen LogP contribution in [-0.4, -0.2) is 45.9 Å². The lowest BCUT2D eigenvalue weighted by Crippen LogP contribution is -2.19. The van der Waals surface area contributed by atoms with Crippen LogP contribution in [0.5, 0.6) is 6.01 Å². The Morgan fingerprint density at radius 2 is 2.11 bits per heavy atom. The number of hydrogen-bond acceptors (Lipinski definition) is 7. The molecule has 0 spiro atoms. The van der Waals surface area contributed by atoms with Gasteiger partial charge in [-0.2, -0.15) is 15.0 Å². The first-order valence-corrected chi connectivity index (χ1v) is 6.30. The Labute approximate surface area is 113 Å². The first-order valence-electron chi connectivity index (χ1n) is 6.30. The van der Waals surface area contributed by atoms with Crippen LogP contribution in [0.4, 0.5) is 11.9 Å². The molecule has 1 atom stereocenters. The van der Waals surface area contributed by atoms with Crippen molar-refractivity contribution in [1.82, 2.24) is 15.0 Å². The largest absolute Gasteiger partial charge is 0.464 e. The molecule has 7 nitrogen and oxygen atoms in total. The van der Waals surface area contributed by atoms with Gasteiger partial charge >= 0.3 is 6.01 Å². The molecule has 0 radical (unpaired) electrons. The van der Waals surface area contributed by atoms with Gasteiger partial charge in [0.25, 0.3) is 0 Å². The summed E-state index contributed by atoms with van der Waals surface area (Å²) in [5.41, 5.74) is 0. The van der Waals surface area contributed by atoms with Gasteiger partial charge < -0.3 is 20.5 Å². The second-order valence-electron chi connectivity index (χ2n) is 3.93. The van der Waals surface area contributed by atoms with Crippen LogP contribution in [0, 0.1) is 0 Å². The fourth-order valence-electron chi connectivity index (χ4n) is 1.34. The lowest BCUT2D eigenvalue weighted by atomic mass is 10.2. The van der Waals surface area contributed by atoms with Gasteiger partial charge in [-0.1, -0.05) is 6.08 Å². The zero-order valence-corrected chi connectivity index (χ0v) is 11.4. The highest BCUT2D eigenvalue weighted by Crippen LogP contribution is 2.12. The van der Waals surface area contributed by atoms with Crippen molar-refractivity contribution in [2.24, 2.45) is 0 Å². The molecule has 0 aliphatic heterocycles. The van der Waals surface area contributed by atoms with Crippen molar-refractivity contribution in [3.63, 3.8) is 0 Å². The minimum atomic E-state index is 0.0640. The van der Waals surface area contributed by atoms with Crippen LogP contribution < -0.4 is 15.4 Å². The van der Waals surface area contributed by atoms with Crippen molar-refractivity contribution in [2.75, 3.05) is 30.4 Å². The molecule has 106 valence electrons. The van der Waals surface area contributed by atoms with Crippen LogP contribution in [0.2, 0.25) is 0 Å². The molecule has 1 rings (SSSR count). The number of aromatic nitrogens is 3. The van der Waals surface area contributed by atoms with Crippen LogP contribution in [0.15, 0.2) is 12.7 Å². The van der Waals surface area contributed by atoms with Gasteiger partial charge in [-0.15, -0.1) is 6.58 Å². The van der Waals surface area contributed by atoms with Crippen molar-refractivity contribution < 1.29 is 9.84 Å². The predicted octanol–water partition coefficient (Wildman–Crippen LogP) is 1.05. The van der Waals surface area contributed by atoms with Crippen LogP contribution in [0.1, 0.15) is 20.3 Å². The maximum absolute atomic E-state index is 8.88. The molecule has 7 heteroatoms. The number of ether oxygens (including phenoxy) is 1. The standard InChI is InChI=1S/C12H21N5O2/c1-4-7-13-10-15-11(14-9(3)6-8-18)17-12(16-10)19-5-2/h4,9,18H,1,5-8H2,2-3H3,(H2,13,14,15,16,17). The van der Waals surface area contributed by atoms with Gasteiger partial charge in [-0.3, -0.25) is 0 Å². The summed E-state index contributed by atoms with van der Waals surface area (Å²) < 4.78 is 5.29. The van der Waals surface area contributed by atoms with Gasteiger partial charge in [0, 0.05) is 19.2 Å². The summed E-state index contributed by atoms with van der Waals surface area (Å²) >= 11 is 0. The zero-order valence-electron chi connectivity index (χ0n) is 11.4. The zero-order chi connectivity index (χ0) is 14.1. The molecule has 0 aliphatic rings. The van der Waals surface area contributed by atoms with Gasteiger partial charge in [0.05, 0.1) is 6.61 Å². The molecule has 1 heterocycles. The fourth-order valence-corrected chi connectivity index (χ4v) is 1.34. The number of aliphatic hydroxyl groups is 1. The van der Waals surface area contributed by atoms with Crippen molar-refractivity contribution >= 4 is 11.9 Å². The Morgan fingerprint density at radius 1 is 1.37 bits per heavy atom. The highest BCUT2D eigenvalue weighted by Gasteiger charge is 2.09. The van der Waals surface area contributed by atoms with E-state index in [4.69, 9.17) is 9.84 Å². The average Bonchev–Trinajstić information content (AvgIpc) is 2.36. The number of hydrogen-bond donors (Lipinski definition) is 3. The molecule has 0 bridgehead atoms. The minimum absolute atomic E-state index is 0.0640. The van der Waals surface area contributed by atoms with Crippen LogP contribution >= 0.6 is 0 Å². The molecule has 0 aliphatic carbocycles. The molecule has 0 fully saturated rings.